The number of amides is 1. The lowest BCUT2D eigenvalue weighted by atomic mass is 10.0. The van der Waals surface area contributed by atoms with E-state index in [1.807, 2.05) is 6.07 Å². The summed E-state index contributed by atoms with van der Waals surface area (Å²) in [6.45, 7) is 6.50. The van der Waals surface area contributed by atoms with Crippen LogP contribution in [0.15, 0.2) is 16.6 Å². The molecular formula is C14H15BrN2O2. The molecule has 0 radical (unpaired) electrons. The van der Waals surface area contributed by atoms with Gasteiger partial charge in [0.25, 0.3) is 11.7 Å². The lowest BCUT2D eigenvalue weighted by molar-refractivity contribution is -0.112. The van der Waals surface area contributed by atoms with Crippen LogP contribution in [0.2, 0.25) is 0 Å². The van der Waals surface area contributed by atoms with E-state index in [1.165, 1.54) is 0 Å². The molecule has 1 amide bonds. The van der Waals surface area contributed by atoms with Crippen LogP contribution < -0.4 is 10.2 Å². The Morgan fingerprint density at radius 1 is 1.21 bits per heavy atom. The molecule has 0 aliphatic carbocycles. The molecule has 0 bridgehead atoms. The maximum atomic E-state index is 11.6. The number of nitrogens with one attached hydrogen (secondary N) is 1. The normalized spacial score (nSPS) is 25.7. The third-order valence-electron chi connectivity index (χ3n) is 4.11. The number of Topliss-reactive ketones (excluding diaryl/α,β-unsaturated/α-hetero) is 1. The Kier molecular flexibility index (Phi) is 2.89. The van der Waals surface area contributed by atoms with Gasteiger partial charge in [-0.1, -0.05) is 13.8 Å². The van der Waals surface area contributed by atoms with E-state index in [1.54, 1.807) is 6.07 Å². The van der Waals surface area contributed by atoms with Gasteiger partial charge in [0.05, 0.1) is 16.9 Å². The van der Waals surface area contributed by atoms with Crippen molar-refractivity contribution >= 4 is 39.0 Å². The number of rotatable bonds is 1. The summed E-state index contributed by atoms with van der Waals surface area (Å²) in [5.74, 6) is 0.306. The Bertz CT molecular complexity index is 575. The number of carbonyl (C=O) groups is 2. The minimum atomic E-state index is -0.540. The molecule has 2 aliphatic heterocycles. The van der Waals surface area contributed by atoms with Crippen molar-refractivity contribution in [3.63, 3.8) is 0 Å². The minimum Gasteiger partial charge on any atom is -0.370 e. The van der Waals surface area contributed by atoms with Gasteiger partial charge in [-0.3, -0.25) is 9.59 Å². The molecule has 1 saturated heterocycles. The molecule has 1 fully saturated rings. The SMILES string of the molecule is CC1CN(c2cc3c(cc2Br)C(=O)C(=O)N3)CC1C. The lowest BCUT2D eigenvalue weighted by Gasteiger charge is -2.21. The number of ketones is 1. The number of carbonyl (C=O) groups excluding carboxylic acids is 2. The number of fused-ring (bicyclic) bond motifs is 1. The van der Waals surface area contributed by atoms with E-state index < -0.39 is 11.7 Å². The molecule has 4 nitrogen and oxygen atoms in total. The molecule has 100 valence electrons. The summed E-state index contributed by atoms with van der Waals surface area (Å²) in [4.78, 5) is 25.3. The maximum absolute atomic E-state index is 11.6. The molecule has 19 heavy (non-hydrogen) atoms. The highest BCUT2D eigenvalue weighted by molar-refractivity contribution is 9.10. The highest BCUT2D eigenvalue weighted by Gasteiger charge is 2.32. The zero-order valence-electron chi connectivity index (χ0n) is 10.9. The van der Waals surface area contributed by atoms with Gasteiger partial charge in [-0.05, 0) is 39.9 Å². The highest BCUT2D eigenvalue weighted by atomic mass is 79.9. The van der Waals surface area contributed by atoms with E-state index in [0.29, 0.717) is 23.1 Å². The first kappa shape index (κ1) is 12.7. The van der Waals surface area contributed by atoms with Gasteiger partial charge < -0.3 is 10.2 Å². The summed E-state index contributed by atoms with van der Waals surface area (Å²) in [7, 11) is 0. The van der Waals surface area contributed by atoms with Gasteiger partial charge >= 0.3 is 0 Å². The predicted molar refractivity (Wildman–Crippen MR) is 77.6 cm³/mol. The van der Waals surface area contributed by atoms with Crippen molar-refractivity contribution in [2.24, 2.45) is 11.8 Å². The summed E-state index contributed by atoms with van der Waals surface area (Å²) in [5, 5.41) is 2.62. The monoisotopic (exact) mass is 322 g/mol. The molecule has 3 rings (SSSR count). The Labute approximate surface area is 120 Å². The van der Waals surface area contributed by atoms with Crippen LogP contribution in [0.25, 0.3) is 0 Å². The number of hydrogen-bond acceptors (Lipinski definition) is 3. The number of hydrogen-bond donors (Lipinski definition) is 1. The van der Waals surface area contributed by atoms with Gasteiger partial charge in [-0.2, -0.15) is 0 Å². The zero-order valence-corrected chi connectivity index (χ0v) is 12.5. The van der Waals surface area contributed by atoms with Crippen LogP contribution in [0.3, 0.4) is 0 Å². The van der Waals surface area contributed by atoms with E-state index in [0.717, 1.165) is 23.2 Å². The molecule has 0 saturated carbocycles. The molecule has 1 aromatic rings. The standard InChI is InChI=1S/C14H15BrN2O2/c1-7-5-17(6-8(7)2)12-4-11-9(3-10(12)15)13(18)14(19)16-11/h3-4,7-8H,5-6H2,1-2H3,(H,16,18,19). The Hall–Kier alpha value is -1.36. The van der Waals surface area contributed by atoms with Gasteiger partial charge in [-0.25, -0.2) is 0 Å². The molecule has 2 atom stereocenters. The minimum absolute atomic E-state index is 0.453. The van der Waals surface area contributed by atoms with Crippen LogP contribution in [0.1, 0.15) is 24.2 Å². The van der Waals surface area contributed by atoms with Crippen molar-refractivity contribution in [3.05, 3.63) is 22.2 Å². The van der Waals surface area contributed by atoms with Crippen LogP contribution in [-0.4, -0.2) is 24.8 Å². The van der Waals surface area contributed by atoms with E-state index in [9.17, 15) is 9.59 Å². The first-order valence-corrected chi connectivity index (χ1v) is 7.21. The maximum Gasteiger partial charge on any atom is 0.296 e. The average Bonchev–Trinajstić information content (AvgIpc) is 2.82. The Balaban J connectivity index is 1.99. The molecule has 0 spiro atoms. The van der Waals surface area contributed by atoms with Crippen LogP contribution in [0, 0.1) is 11.8 Å². The third-order valence-corrected chi connectivity index (χ3v) is 4.75. The first-order valence-electron chi connectivity index (χ1n) is 6.41. The third kappa shape index (κ3) is 1.96. The largest absolute Gasteiger partial charge is 0.370 e. The highest BCUT2D eigenvalue weighted by Crippen LogP contribution is 2.38. The van der Waals surface area contributed by atoms with Gasteiger partial charge in [0.1, 0.15) is 0 Å². The quantitative estimate of drug-likeness (QED) is 0.809. The summed E-state index contributed by atoms with van der Waals surface area (Å²) in [6.07, 6.45) is 0. The predicted octanol–water partition coefficient (Wildman–Crippen LogP) is 2.68. The molecule has 2 heterocycles. The lowest BCUT2D eigenvalue weighted by Crippen LogP contribution is -2.20. The fraction of sp³-hybridized carbons (Fsp3) is 0.429. The summed E-state index contributed by atoms with van der Waals surface area (Å²) < 4.78 is 0.873. The van der Waals surface area contributed by atoms with Gasteiger partial charge in [-0.15, -0.1) is 0 Å². The summed E-state index contributed by atoms with van der Waals surface area (Å²) in [6, 6.07) is 3.64. The van der Waals surface area contributed by atoms with Crippen molar-refractivity contribution in [1.29, 1.82) is 0 Å². The van der Waals surface area contributed by atoms with Crippen LogP contribution in [0.4, 0.5) is 11.4 Å². The molecule has 0 aromatic heterocycles. The number of halogens is 1. The Morgan fingerprint density at radius 3 is 2.47 bits per heavy atom. The van der Waals surface area contributed by atoms with E-state index in [2.05, 4.69) is 40.0 Å². The second-order valence-corrected chi connectivity index (χ2v) is 6.35. The van der Waals surface area contributed by atoms with Crippen molar-refractivity contribution in [2.45, 2.75) is 13.8 Å². The average molecular weight is 323 g/mol. The second-order valence-electron chi connectivity index (χ2n) is 5.49. The van der Waals surface area contributed by atoms with E-state index in [-0.39, 0.29) is 0 Å². The Morgan fingerprint density at radius 2 is 1.84 bits per heavy atom. The topological polar surface area (TPSA) is 49.4 Å². The van der Waals surface area contributed by atoms with Gasteiger partial charge in [0.15, 0.2) is 0 Å². The van der Waals surface area contributed by atoms with Crippen molar-refractivity contribution < 1.29 is 9.59 Å². The molecule has 2 aliphatic rings. The fourth-order valence-corrected chi connectivity index (χ4v) is 3.32. The molecular weight excluding hydrogens is 308 g/mol. The number of anilines is 2. The van der Waals surface area contributed by atoms with E-state index >= 15 is 0 Å². The first-order chi connectivity index (χ1) is 8.97. The number of benzene rings is 1. The summed E-state index contributed by atoms with van der Waals surface area (Å²) in [5.41, 5.74) is 2.13. The summed E-state index contributed by atoms with van der Waals surface area (Å²) >= 11 is 3.51. The zero-order chi connectivity index (χ0) is 13.7. The van der Waals surface area contributed by atoms with Crippen molar-refractivity contribution in [3.8, 4) is 0 Å². The smallest absolute Gasteiger partial charge is 0.296 e. The van der Waals surface area contributed by atoms with Crippen molar-refractivity contribution in [2.75, 3.05) is 23.3 Å². The van der Waals surface area contributed by atoms with E-state index in [4.69, 9.17) is 0 Å². The van der Waals surface area contributed by atoms with Crippen LogP contribution >= 0.6 is 15.9 Å². The number of nitrogens with zero attached hydrogens (tertiary/aromatic N) is 1. The molecule has 2 unspecified atom stereocenters. The van der Waals surface area contributed by atoms with Gasteiger partial charge in [0, 0.05) is 17.6 Å². The molecule has 1 aromatic carbocycles. The molecule has 1 N–H and O–H groups in total. The van der Waals surface area contributed by atoms with Crippen molar-refractivity contribution in [1.82, 2.24) is 0 Å². The van der Waals surface area contributed by atoms with Gasteiger partial charge in [0.2, 0.25) is 0 Å². The van der Waals surface area contributed by atoms with Crippen LogP contribution in [0.5, 0.6) is 0 Å². The molecule has 5 heteroatoms. The van der Waals surface area contributed by atoms with Crippen LogP contribution in [-0.2, 0) is 4.79 Å². The second kappa shape index (κ2) is 4.34. The fourth-order valence-electron chi connectivity index (χ4n) is 2.72.